The van der Waals surface area contributed by atoms with Gasteiger partial charge in [0.2, 0.25) is 11.8 Å². The third kappa shape index (κ3) is 3.55. The van der Waals surface area contributed by atoms with Gasteiger partial charge in [-0.05, 0) is 43.9 Å². The Morgan fingerprint density at radius 1 is 0.892 bits per heavy atom. The number of hydrogen-bond donors (Lipinski definition) is 0. The van der Waals surface area contributed by atoms with E-state index in [0.29, 0.717) is 69.7 Å². The lowest BCUT2D eigenvalue weighted by molar-refractivity contribution is -0.134. The second-order valence-electron chi connectivity index (χ2n) is 11.2. The molecule has 2 aliphatic carbocycles. The molecule has 3 aliphatic heterocycles. The standard InChI is InChI=1S/C29H30FN3O4/c30-24-17-20(31-13-15-32(16-14-31)25(34)19-5-6-19)7-8-23(24)28(9-10-28)27(36)33-12-11-29(18-33)22-4-2-1-3-21(22)26(35)37-29/h1-4,7-8,17,19H,5-6,9-16,18H2. The summed E-state index contributed by atoms with van der Waals surface area (Å²) in [6, 6.07) is 12.6. The summed E-state index contributed by atoms with van der Waals surface area (Å²) < 4.78 is 21.3. The average Bonchev–Trinajstić information content (AvgIpc) is 3.85. The van der Waals surface area contributed by atoms with Crippen LogP contribution in [0.3, 0.4) is 0 Å². The summed E-state index contributed by atoms with van der Waals surface area (Å²) in [6.45, 7) is 3.46. The number of likely N-dealkylation sites (tertiary alicyclic amines) is 1. The van der Waals surface area contributed by atoms with Crippen molar-refractivity contribution in [2.45, 2.75) is 43.1 Å². The number of ether oxygens (including phenoxy) is 1. The number of hydrogen-bond acceptors (Lipinski definition) is 5. The molecule has 3 heterocycles. The Morgan fingerprint density at radius 3 is 2.35 bits per heavy atom. The van der Waals surface area contributed by atoms with Gasteiger partial charge in [-0.25, -0.2) is 9.18 Å². The average molecular weight is 504 g/mol. The number of amides is 2. The molecule has 2 amide bonds. The SMILES string of the molecule is O=C1OC2(CCN(C(=O)C3(c4ccc(N5CCN(C(=O)C6CC6)CC5)cc4F)CC3)C2)c2ccccc21. The van der Waals surface area contributed by atoms with Crippen molar-refractivity contribution >= 4 is 23.5 Å². The molecular weight excluding hydrogens is 473 g/mol. The van der Waals surface area contributed by atoms with E-state index in [9.17, 15) is 14.4 Å². The second kappa shape index (κ2) is 8.04. The van der Waals surface area contributed by atoms with E-state index in [-0.39, 0.29) is 29.5 Å². The largest absolute Gasteiger partial charge is 0.449 e. The van der Waals surface area contributed by atoms with Gasteiger partial charge in [0.1, 0.15) is 5.82 Å². The first-order valence-electron chi connectivity index (χ1n) is 13.4. The highest BCUT2D eigenvalue weighted by molar-refractivity contribution is 5.96. The summed E-state index contributed by atoms with van der Waals surface area (Å²) >= 11 is 0. The Morgan fingerprint density at radius 2 is 1.65 bits per heavy atom. The predicted molar refractivity (Wildman–Crippen MR) is 134 cm³/mol. The van der Waals surface area contributed by atoms with Crippen LogP contribution in [0.2, 0.25) is 0 Å². The maximum Gasteiger partial charge on any atom is 0.339 e. The van der Waals surface area contributed by atoms with Crippen molar-refractivity contribution in [3.8, 4) is 0 Å². The maximum atomic E-state index is 15.5. The first-order chi connectivity index (χ1) is 17.9. The highest BCUT2D eigenvalue weighted by Gasteiger charge is 2.58. The highest BCUT2D eigenvalue weighted by Crippen LogP contribution is 2.53. The number of carbonyl (C=O) groups is 3. The molecule has 5 aliphatic rings. The lowest BCUT2D eigenvalue weighted by Gasteiger charge is -2.36. The zero-order chi connectivity index (χ0) is 25.4. The molecule has 1 atom stereocenters. The fourth-order valence-electron chi connectivity index (χ4n) is 6.49. The molecule has 1 spiro atoms. The monoisotopic (exact) mass is 503 g/mol. The van der Waals surface area contributed by atoms with Gasteiger partial charge >= 0.3 is 5.97 Å². The Hall–Kier alpha value is -3.42. The Balaban J connectivity index is 1.06. The summed E-state index contributed by atoms with van der Waals surface area (Å²) in [4.78, 5) is 44.3. The lowest BCUT2D eigenvalue weighted by atomic mass is 9.91. The van der Waals surface area contributed by atoms with Crippen LogP contribution in [0.1, 0.15) is 53.6 Å². The number of anilines is 1. The number of rotatable bonds is 4. The van der Waals surface area contributed by atoms with Crippen LogP contribution in [0.15, 0.2) is 42.5 Å². The summed E-state index contributed by atoms with van der Waals surface area (Å²) in [7, 11) is 0. The van der Waals surface area contributed by atoms with Crippen molar-refractivity contribution in [1.82, 2.24) is 9.80 Å². The number of carbonyl (C=O) groups excluding carboxylic acids is 3. The lowest BCUT2D eigenvalue weighted by Crippen LogP contribution is -2.49. The quantitative estimate of drug-likeness (QED) is 0.600. The number of esters is 1. The number of halogens is 1. The second-order valence-corrected chi connectivity index (χ2v) is 11.2. The topological polar surface area (TPSA) is 70.2 Å². The first-order valence-corrected chi connectivity index (χ1v) is 13.4. The van der Waals surface area contributed by atoms with Gasteiger partial charge in [-0.3, -0.25) is 9.59 Å². The fourth-order valence-corrected chi connectivity index (χ4v) is 6.49. The van der Waals surface area contributed by atoms with Gasteiger partial charge < -0.3 is 19.4 Å². The molecule has 2 aromatic carbocycles. The molecule has 0 radical (unpaired) electrons. The van der Waals surface area contributed by atoms with Gasteiger partial charge in [-0.2, -0.15) is 0 Å². The zero-order valence-electron chi connectivity index (χ0n) is 20.7. The molecule has 37 heavy (non-hydrogen) atoms. The Kier molecular flexibility index (Phi) is 4.94. The minimum atomic E-state index is -0.842. The summed E-state index contributed by atoms with van der Waals surface area (Å²) in [5, 5.41) is 0. The van der Waals surface area contributed by atoms with E-state index < -0.39 is 11.0 Å². The Bertz CT molecular complexity index is 1310. The molecule has 2 saturated carbocycles. The van der Waals surface area contributed by atoms with E-state index in [4.69, 9.17) is 4.74 Å². The van der Waals surface area contributed by atoms with Crippen molar-refractivity contribution in [2.24, 2.45) is 5.92 Å². The van der Waals surface area contributed by atoms with Crippen LogP contribution < -0.4 is 4.90 Å². The molecule has 1 unspecified atom stereocenters. The van der Waals surface area contributed by atoms with E-state index in [1.807, 2.05) is 29.2 Å². The molecule has 8 heteroatoms. The van der Waals surface area contributed by atoms with Crippen LogP contribution in [0, 0.1) is 11.7 Å². The molecule has 0 bridgehead atoms. The number of benzene rings is 2. The summed E-state index contributed by atoms with van der Waals surface area (Å²) in [5.41, 5.74) is 1.01. The van der Waals surface area contributed by atoms with Gasteiger partial charge in [0.15, 0.2) is 5.60 Å². The summed E-state index contributed by atoms with van der Waals surface area (Å²) in [6.07, 6.45) is 3.79. The number of piperazine rings is 1. The van der Waals surface area contributed by atoms with Crippen LogP contribution >= 0.6 is 0 Å². The van der Waals surface area contributed by atoms with E-state index >= 15 is 4.39 Å². The number of nitrogens with zero attached hydrogens (tertiary/aromatic N) is 3. The van der Waals surface area contributed by atoms with Crippen LogP contribution in [0.5, 0.6) is 0 Å². The van der Waals surface area contributed by atoms with E-state index in [2.05, 4.69) is 4.90 Å². The molecule has 0 N–H and O–H groups in total. The minimum absolute atomic E-state index is 0.0799. The normalized spacial score (nSPS) is 25.9. The van der Waals surface area contributed by atoms with Crippen molar-refractivity contribution in [1.29, 1.82) is 0 Å². The van der Waals surface area contributed by atoms with Gasteiger partial charge in [0.25, 0.3) is 0 Å². The zero-order valence-corrected chi connectivity index (χ0v) is 20.7. The predicted octanol–water partition coefficient (Wildman–Crippen LogP) is 3.21. The van der Waals surface area contributed by atoms with Crippen LogP contribution in [0.25, 0.3) is 0 Å². The van der Waals surface area contributed by atoms with Crippen LogP contribution in [0.4, 0.5) is 10.1 Å². The maximum absolute atomic E-state index is 15.5. The smallest absolute Gasteiger partial charge is 0.339 e. The summed E-state index contributed by atoms with van der Waals surface area (Å²) in [5.74, 6) is -0.299. The Labute approximate surface area is 215 Å². The molecule has 4 fully saturated rings. The van der Waals surface area contributed by atoms with Crippen molar-refractivity contribution in [2.75, 3.05) is 44.2 Å². The molecule has 2 aromatic rings. The van der Waals surface area contributed by atoms with Gasteiger partial charge in [-0.1, -0.05) is 24.3 Å². The fraction of sp³-hybridized carbons (Fsp3) is 0.483. The molecule has 0 aromatic heterocycles. The number of fused-ring (bicyclic) bond motifs is 2. The van der Waals surface area contributed by atoms with Gasteiger partial charge in [0, 0.05) is 61.9 Å². The van der Waals surface area contributed by atoms with E-state index in [1.54, 1.807) is 23.1 Å². The van der Waals surface area contributed by atoms with Crippen molar-refractivity contribution < 1.29 is 23.5 Å². The minimum Gasteiger partial charge on any atom is -0.449 e. The van der Waals surface area contributed by atoms with Gasteiger partial charge in [0.05, 0.1) is 17.5 Å². The van der Waals surface area contributed by atoms with Gasteiger partial charge in [-0.15, -0.1) is 0 Å². The van der Waals surface area contributed by atoms with E-state index in [1.165, 1.54) is 0 Å². The first kappa shape index (κ1) is 22.8. The van der Waals surface area contributed by atoms with Crippen LogP contribution in [-0.4, -0.2) is 66.9 Å². The molecule has 7 rings (SSSR count). The highest BCUT2D eigenvalue weighted by atomic mass is 19.1. The molecule has 7 nitrogen and oxygen atoms in total. The molecule has 2 saturated heterocycles. The van der Waals surface area contributed by atoms with Crippen LogP contribution in [-0.2, 0) is 25.3 Å². The molecule has 192 valence electrons. The van der Waals surface area contributed by atoms with Crippen molar-refractivity contribution in [3.63, 3.8) is 0 Å². The third-order valence-corrected chi connectivity index (χ3v) is 8.96. The van der Waals surface area contributed by atoms with E-state index in [0.717, 1.165) is 24.1 Å². The third-order valence-electron chi connectivity index (χ3n) is 8.96. The molecular formula is C29H30FN3O4. The van der Waals surface area contributed by atoms with Crippen molar-refractivity contribution in [3.05, 3.63) is 65.0 Å².